The van der Waals surface area contributed by atoms with Crippen molar-refractivity contribution < 1.29 is 0 Å². The minimum atomic E-state index is 0.890. The fourth-order valence-electron chi connectivity index (χ4n) is 0.953. The van der Waals surface area contributed by atoms with Crippen LogP contribution in [0, 0.1) is 6.92 Å². The van der Waals surface area contributed by atoms with E-state index in [2.05, 4.69) is 33.2 Å². The lowest BCUT2D eigenvalue weighted by Crippen LogP contribution is -1.86. The first kappa shape index (κ1) is 8.53. The van der Waals surface area contributed by atoms with Crippen LogP contribution in [0.2, 0.25) is 0 Å². The average molecular weight is 215 g/mol. The molecule has 11 heavy (non-hydrogen) atoms. The molecule has 2 nitrogen and oxygen atoms in total. The lowest BCUT2D eigenvalue weighted by molar-refractivity contribution is 0.756. The molecule has 0 aliphatic carbocycles. The van der Waals surface area contributed by atoms with Gasteiger partial charge >= 0.3 is 0 Å². The fraction of sp³-hybridized carbons (Fsp3) is 0.375. The second kappa shape index (κ2) is 3.72. The Labute approximate surface area is 75.0 Å². The van der Waals surface area contributed by atoms with Gasteiger partial charge in [0, 0.05) is 24.1 Å². The van der Waals surface area contributed by atoms with E-state index in [1.165, 1.54) is 5.56 Å². The number of halogens is 1. The molecule has 0 aliphatic rings. The summed E-state index contributed by atoms with van der Waals surface area (Å²) < 4.78 is 1.82. The lowest BCUT2D eigenvalue weighted by Gasteiger charge is -1.83. The van der Waals surface area contributed by atoms with Crippen molar-refractivity contribution in [2.24, 2.45) is 7.05 Å². The average Bonchev–Trinajstić information content (AvgIpc) is 2.26. The summed E-state index contributed by atoms with van der Waals surface area (Å²) >= 11 is 3.32. The van der Waals surface area contributed by atoms with Crippen LogP contribution in [0.4, 0.5) is 0 Å². The molecule has 3 heteroatoms. The summed E-state index contributed by atoms with van der Waals surface area (Å²) in [5.41, 5.74) is 2.26. The molecule has 1 aromatic rings. The van der Waals surface area contributed by atoms with Crippen LogP contribution in [0.1, 0.15) is 11.3 Å². The minimum Gasteiger partial charge on any atom is -0.275 e. The summed E-state index contributed by atoms with van der Waals surface area (Å²) in [4.78, 5) is 0. The Hall–Kier alpha value is -0.570. The number of allylic oxidation sites excluding steroid dienone is 1. The van der Waals surface area contributed by atoms with Gasteiger partial charge in [0.05, 0.1) is 5.69 Å². The van der Waals surface area contributed by atoms with Gasteiger partial charge < -0.3 is 0 Å². The molecule has 0 bridgehead atoms. The lowest BCUT2D eigenvalue weighted by atomic mass is 10.2. The highest BCUT2D eigenvalue weighted by atomic mass is 79.9. The Morgan fingerprint density at radius 3 is 2.91 bits per heavy atom. The van der Waals surface area contributed by atoms with Crippen LogP contribution in [0.5, 0.6) is 0 Å². The highest BCUT2D eigenvalue weighted by Crippen LogP contribution is 2.06. The predicted octanol–water partition coefficient (Wildman–Crippen LogP) is 2.14. The molecular formula is C8H11BrN2. The maximum absolute atomic E-state index is 4.21. The van der Waals surface area contributed by atoms with Crippen LogP contribution < -0.4 is 0 Å². The van der Waals surface area contributed by atoms with Crippen molar-refractivity contribution in [2.45, 2.75) is 6.92 Å². The zero-order valence-corrected chi connectivity index (χ0v) is 8.30. The van der Waals surface area contributed by atoms with Crippen LogP contribution in [-0.4, -0.2) is 15.1 Å². The Balaban J connectivity index is 2.85. The number of hydrogen-bond acceptors (Lipinski definition) is 1. The second-order valence-electron chi connectivity index (χ2n) is 2.40. The number of nitrogens with zero attached hydrogens (tertiary/aromatic N) is 2. The topological polar surface area (TPSA) is 17.8 Å². The molecule has 0 unspecified atom stereocenters. The maximum atomic E-state index is 4.21. The van der Waals surface area contributed by atoms with Crippen LogP contribution >= 0.6 is 15.9 Å². The van der Waals surface area contributed by atoms with Gasteiger partial charge in [0.1, 0.15) is 0 Å². The molecule has 0 saturated carbocycles. The Bertz CT molecular complexity index is 263. The number of alkyl halides is 1. The Morgan fingerprint density at radius 2 is 2.45 bits per heavy atom. The molecule has 0 atom stereocenters. The van der Waals surface area contributed by atoms with Gasteiger partial charge in [-0.25, -0.2) is 0 Å². The molecule has 0 N–H and O–H groups in total. The first-order valence-corrected chi connectivity index (χ1v) is 4.59. The highest BCUT2D eigenvalue weighted by molar-refractivity contribution is 9.09. The third-order valence-corrected chi connectivity index (χ3v) is 1.81. The third kappa shape index (κ3) is 2.19. The van der Waals surface area contributed by atoms with Crippen molar-refractivity contribution in [3.63, 3.8) is 0 Å². The zero-order valence-electron chi connectivity index (χ0n) is 6.71. The van der Waals surface area contributed by atoms with E-state index in [9.17, 15) is 0 Å². The van der Waals surface area contributed by atoms with Crippen LogP contribution in [0.3, 0.4) is 0 Å². The molecule has 1 rings (SSSR count). The molecule has 60 valence electrons. The largest absolute Gasteiger partial charge is 0.275 e. The van der Waals surface area contributed by atoms with Crippen molar-refractivity contribution in [3.8, 4) is 0 Å². The van der Waals surface area contributed by atoms with Gasteiger partial charge in [-0.05, 0) is 6.92 Å². The van der Waals surface area contributed by atoms with E-state index < -0.39 is 0 Å². The normalized spacial score (nSPS) is 11.2. The second-order valence-corrected chi connectivity index (χ2v) is 3.05. The molecule has 1 aromatic heterocycles. The van der Waals surface area contributed by atoms with Gasteiger partial charge in [-0.2, -0.15) is 5.10 Å². The van der Waals surface area contributed by atoms with Gasteiger partial charge in [-0.1, -0.05) is 28.1 Å². The first-order chi connectivity index (χ1) is 5.24. The minimum absolute atomic E-state index is 0.890. The van der Waals surface area contributed by atoms with Crippen molar-refractivity contribution in [1.82, 2.24) is 9.78 Å². The van der Waals surface area contributed by atoms with E-state index in [1.807, 2.05) is 24.9 Å². The summed E-state index contributed by atoms with van der Waals surface area (Å²) in [5.74, 6) is 0. The van der Waals surface area contributed by atoms with E-state index in [0.717, 1.165) is 11.0 Å². The van der Waals surface area contributed by atoms with Gasteiger partial charge in [-0.3, -0.25) is 4.68 Å². The zero-order chi connectivity index (χ0) is 8.27. The summed E-state index contributed by atoms with van der Waals surface area (Å²) in [5, 5.41) is 5.10. The van der Waals surface area contributed by atoms with E-state index in [1.54, 1.807) is 0 Å². The number of rotatable bonds is 2. The number of aryl methyl sites for hydroxylation is 2. The van der Waals surface area contributed by atoms with E-state index in [4.69, 9.17) is 0 Å². The van der Waals surface area contributed by atoms with Gasteiger partial charge in [-0.15, -0.1) is 0 Å². The van der Waals surface area contributed by atoms with Crippen LogP contribution in [0.25, 0.3) is 6.08 Å². The van der Waals surface area contributed by atoms with Gasteiger partial charge in [0.15, 0.2) is 0 Å². The van der Waals surface area contributed by atoms with E-state index in [-0.39, 0.29) is 0 Å². The van der Waals surface area contributed by atoms with E-state index in [0.29, 0.717) is 0 Å². The summed E-state index contributed by atoms with van der Waals surface area (Å²) in [6.45, 7) is 2.01. The summed E-state index contributed by atoms with van der Waals surface area (Å²) in [6, 6.07) is 0. The monoisotopic (exact) mass is 214 g/mol. The Kier molecular flexibility index (Phi) is 2.88. The number of aromatic nitrogens is 2. The Morgan fingerprint density at radius 1 is 1.73 bits per heavy atom. The van der Waals surface area contributed by atoms with Gasteiger partial charge in [0.25, 0.3) is 0 Å². The molecule has 0 aromatic carbocycles. The van der Waals surface area contributed by atoms with Crippen molar-refractivity contribution in [3.05, 3.63) is 23.5 Å². The van der Waals surface area contributed by atoms with Crippen molar-refractivity contribution in [2.75, 3.05) is 5.33 Å². The quantitative estimate of drug-likeness (QED) is 0.691. The van der Waals surface area contributed by atoms with Crippen molar-refractivity contribution in [1.29, 1.82) is 0 Å². The third-order valence-electron chi connectivity index (χ3n) is 1.44. The van der Waals surface area contributed by atoms with Crippen LogP contribution in [0.15, 0.2) is 12.3 Å². The smallest absolute Gasteiger partial charge is 0.0665 e. The molecule has 0 spiro atoms. The molecule has 0 aliphatic heterocycles. The summed E-state index contributed by atoms with van der Waals surface area (Å²) in [7, 11) is 1.93. The number of hydrogen-bond donors (Lipinski definition) is 0. The molecular weight excluding hydrogens is 204 g/mol. The molecule has 0 saturated heterocycles. The molecule has 0 amide bonds. The first-order valence-electron chi connectivity index (χ1n) is 3.47. The molecule has 0 radical (unpaired) electrons. The van der Waals surface area contributed by atoms with Gasteiger partial charge in [0.2, 0.25) is 0 Å². The SMILES string of the molecule is Cc1nn(C)cc1C=CCBr. The van der Waals surface area contributed by atoms with E-state index >= 15 is 0 Å². The maximum Gasteiger partial charge on any atom is 0.0665 e. The molecule has 0 fully saturated rings. The van der Waals surface area contributed by atoms with Crippen LogP contribution in [-0.2, 0) is 7.05 Å². The predicted molar refractivity (Wildman–Crippen MR) is 50.8 cm³/mol. The highest BCUT2D eigenvalue weighted by Gasteiger charge is 1.96. The van der Waals surface area contributed by atoms with Crippen molar-refractivity contribution >= 4 is 22.0 Å². The fourth-order valence-corrected chi connectivity index (χ4v) is 1.14. The standard InChI is InChI=1S/C8H11BrN2/c1-7-8(4-3-5-9)6-11(2)10-7/h3-4,6H,5H2,1-2H3. The summed E-state index contributed by atoms with van der Waals surface area (Å²) in [6.07, 6.45) is 6.13. The molecule has 1 heterocycles.